The van der Waals surface area contributed by atoms with Crippen LogP contribution in [-0.2, 0) is 0 Å². The molecule has 1 heterocycles. The molecule has 0 bridgehead atoms. The molecule has 112 valence electrons. The summed E-state index contributed by atoms with van der Waals surface area (Å²) in [7, 11) is 0. The van der Waals surface area contributed by atoms with Crippen molar-refractivity contribution in [3.05, 3.63) is 0 Å². The van der Waals surface area contributed by atoms with E-state index in [-0.39, 0.29) is 12.1 Å². The summed E-state index contributed by atoms with van der Waals surface area (Å²) in [5.41, 5.74) is 0. The number of alkyl halides is 3. The molecule has 6 heteroatoms. The number of hydrogen-bond acceptors (Lipinski definition) is 3. The minimum atomic E-state index is -4.11. The highest BCUT2D eigenvalue weighted by atomic mass is 19.4. The molecule has 2 atom stereocenters. The summed E-state index contributed by atoms with van der Waals surface area (Å²) in [6, 6.07) is 0.149. The van der Waals surface area contributed by atoms with Crippen molar-refractivity contribution in [2.45, 2.75) is 50.4 Å². The van der Waals surface area contributed by atoms with Gasteiger partial charge < -0.3 is 5.11 Å². The quantitative estimate of drug-likeness (QED) is 0.782. The molecule has 2 rings (SSSR count). The van der Waals surface area contributed by atoms with Crippen LogP contribution in [0.5, 0.6) is 0 Å². The van der Waals surface area contributed by atoms with Gasteiger partial charge in [-0.25, -0.2) is 0 Å². The van der Waals surface area contributed by atoms with Crippen LogP contribution in [0.4, 0.5) is 13.2 Å². The number of aliphatic hydroxyl groups excluding tert-OH is 1. The van der Waals surface area contributed by atoms with E-state index in [1.165, 1.54) is 4.90 Å². The van der Waals surface area contributed by atoms with Crippen molar-refractivity contribution in [2.75, 3.05) is 32.7 Å². The molecule has 1 saturated carbocycles. The van der Waals surface area contributed by atoms with Crippen molar-refractivity contribution in [1.29, 1.82) is 0 Å². The summed E-state index contributed by atoms with van der Waals surface area (Å²) in [5.74, 6) is 0. The monoisotopic (exact) mass is 280 g/mol. The Hall–Kier alpha value is -0.330. The SMILES string of the molecule is OC1CCCCCC1N1CCN(CC(F)(F)F)CC1. The maximum atomic E-state index is 12.3. The fourth-order valence-corrected chi connectivity index (χ4v) is 3.20. The first-order valence-corrected chi connectivity index (χ1v) is 7.17. The number of hydrogen-bond donors (Lipinski definition) is 1. The fourth-order valence-electron chi connectivity index (χ4n) is 3.20. The largest absolute Gasteiger partial charge is 0.401 e. The highest BCUT2D eigenvalue weighted by Gasteiger charge is 2.34. The van der Waals surface area contributed by atoms with E-state index in [0.717, 1.165) is 32.1 Å². The lowest BCUT2D eigenvalue weighted by atomic mass is 10.0. The molecule has 2 aliphatic rings. The van der Waals surface area contributed by atoms with Crippen LogP contribution in [0.2, 0.25) is 0 Å². The lowest BCUT2D eigenvalue weighted by Crippen LogP contribution is -2.54. The third-order valence-corrected chi connectivity index (χ3v) is 4.22. The standard InChI is InChI=1S/C13H23F3N2O/c14-13(15,16)10-17-6-8-18(9-7-17)11-4-2-1-3-5-12(11)19/h11-12,19H,1-10H2. The first kappa shape index (κ1) is 15.1. The van der Waals surface area contributed by atoms with Gasteiger partial charge in [-0.05, 0) is 12.8 Å². The Labute approximate surface area is 112 Å². The van der Waals surface area contributed by atoms with E-state index in [2.05, 4.69) is 4.90 Å². The van der Waals surface area contributed by atoms with Crippen molar-refractivity contribution in [1.82, 2.24) is 9.80 Å². The van der Waals surface area contributed by atoms with Crippen LogP contribution in [0, 0.1) is 0 Å². The number of aliphatic hydroxyl groups is 1. The molecule has 0 aromatic rings. The molecule has 1 aliphatic carbocycles. The van der Waals surface area contributed by atoms with Crippen molar-refractivity contribution < 1.29 is 18.3 Å². The van der Waals surface area contributed by atoms with E-state index >= 15 is 0 Å². The van der Waals surface area contributed by atoms with Gasteiger partial charge in [0, 0.05) is 32.2 Å². The molecular weight excluding hydrogens is 257 g/mol. The fraction of sp³-hybridized carbons (Fsp3) is 1.00. The highest BCUT2D eigenvalue weighted by molar-refractivity contribution is 4.85. The Morgan fingerprint density at radius 3 is 2.21 bits per heavy atom. The molecule has 0 aromatic heterocycles. The second-order valence-electron chi connectivity index (χ2n) is 5.70. The van der Waals surface area contributed by atoms with E-state index in [9.17, 15) is 18.3 Å². The Bertz CT molecular complexity index is 278. The zero-order valence-electron chi connectivity index (χ0n) is 11.2. The number of piperazine rings is 1. The Balaban J connectivity index is 1.81. The molecule has 3 nitrogen and oxygen atoms in total. The van der Waals surface area contributed by atoms with Crippen LogP contribution in [0.15, 0.2) is 0 Å². The van der Waals surface area contributed by atoms with Gasteiger partial charge in [0.1, 0.15) is 0 Å². The van der Waals surface area contributed by atoms with Crippen LogP contribution in [0.3, 0.4) is 0 Å². The molecule has 0 aromatic carbocycles. The predicted octanol–water partition coefficient (Wildman–Crippen LogP) is 1.86. The first-order valence-electron chi connectivity index (χ1n) is 7.17. The van der Waals surface area contributed by atoms with Gasteiger partial charge in [-0.1, -0.05) is 19.3 Å². The minimum Gasteiger partial charge on any atom is -0.391 e. The summed E-state index contributed by atoms with van der Waals surface area (Å²) >= 11 is 0. The van der Waals surface area contributed by atoms with E-state index < -0.39 is 12.7 Å². The van der Waals surface area contributed by atoms with E-state index in [0.29, 0.717) is 26.2 Å². The summed E-state index contributed by atoms with van der Waals surface area (Å²) in [5, 5.41) is 10.1. The third-order valence-electron chi connectivity index (χ3n) is 4.22. The summed E-state index contributed by atoms with van der Waals surface area (Å²) in [6.07, 6.45) is 0.715. The van der Waals surface area contributed by atoms with Crippen LogP contribution in [-0.4, -0.2) is 66.0 Å². The maximum absolute atomic E-state index is 12.3. The van der Waals surface area contributed by atoms with Gasteiger partial charge in [0.05, 0.1) is 12.6 Å². The molecule has 0 amide bonds. The van der Waals surface area contributed by atoms with Gasteiger partial charge in [-0.2, -0.15) is 13.2 Å². The van der Waals surface area contributed by atoms with Crippen molar-refractivity contribution >= 4 is 0 Å². The van der Waals surface area contributed by atoms with E-state index in [1.54, 1.807) is 0 Å². The molecule has 0 radical (unpaired) electrons. The lowest BCUT2D eigenvalue weighted by molar-refractivity contribution is -0.150. The zero-order chi connectivity index (χ0) is 13.9. The van der Waals surface area contributed by atoms with Gasteiger partial charge >= 0.3 is 6.18 Å². The minimum absolute atomic E-state index is 0.149. The molecule has 1 N–H and O–H groups in total. The molecule has 1 aliphatic heterocycles. The molecule has 2 fully saturated rings. The normalized spacial score (nSPS) is 32.2. The average molecular weight is 280 g/mol. The molecule has 19 heavy (non-hydrogen) atoms. The topological polar surface area (TPSA) is 26.7 Å². The molecular formula is C13H23F3N2O. The molecule has 2 unspecified atom stereocenters. The second-order valence-corrected chi connectivity index (χ2v) is 5.70. The Morgan fingerprint density at radius 2 is 1.58 bits per heavy atom. The summed E-state index contributed by atoms with van der Waals surface area (Å²) in [6.45, 7) is 1.36. The van der Waals surface area contributed by atoms with Gasteiger partial charge in [0.25, 0.3) is 0 Å². The van der Waals surface area contributed by atoms with Crippen molar-refractivity contribution in [2.24, 2.45) is 0 Å². The van der Waals surface area contributed by atoms with Crippen LogP contribution >= 0.6 is 0 Å². The van der Waals surface area contributed by atoms with Crippen LogP contribution in [0.1, 0.15) is 32.1 Å². The van der Waals surface area contributed by atoms with Gasteiger partial charge in [0.15, 0.2) is 0 Å². The highest BCUT2D eigenvalue weighted by Crippen LogP contribution is 2.24. The number of rotatable bonds is 2. The van der Waals surface area contributed by atoms with Crippen molar-refractivity contribution in [3.8, 4) is 0 Å². The van der Waals surface area contributed by atoms with Gasteiger partial charge in [0.2, 0.25) is 0 Å². The second kappa shape index (κ2) is 6.41. The lowest BCUT2D eigenvalue weighted by Gasteiger charge is -2.40. The predicted molar refractivity (Wildman–Crippen MR) is 66.9 cm³/mol. The maximum Gasteiger partial charge on any atom is 0.401 e. The van der Waals surface area contributed by atoms with Gasteiger partial charge in [-0.15, -0.1) is 0 Å². The number of halogens is 3. The smallest absolute Gasteiger partial charge is 0.391 e. The van der Waals surface area contributed by atoms with Crippen LogP contribution in [0.25, 0.3) is 0 Å². The third kappa shape index (κ3) is 4.61. The summed E-state index contributed by atoms with van der Waals surface area (Å²) < 4.78 is 36.9. The number of nitrogens with zero attached hydrogens (tertiary/aromatic N) is 2. The zero-order valence-corrected chi connectivity index (χ0v) is 11.2. The average Bonchev–Trinajstić information content (AvgIpc) is 2.53. The summed E-state index contributed by atoms with van der Waals surface area (Å²) in [4.78, 5) is 3.64. The first-order chi connectivity index (χ1) is 8.96. The van der Waals surface area contributed by atoms with Crippen molar-refractivity contribution in [3.63, 3.8) is 0 Å². The van der Waals surface area contributed by atoms with Gasteiger partial charge in [-0.3, -0.25) is 9.80 Å². The van der Waals surface area contributed by atoms with E-state index in [1.807, 2.05) is 0 Å². The Morgan fingerprint density at radius 1 is 0.947 bits per heavy atom. The molecule has 0 spiro atoms. The van der Waals surface area contributed by atoms with E-state index in [4.69, 9.17) is 0 Å². The van der Waals surface area contributed by atoms with Crippen LogP contribution < -0.4 is 0 Å². The Kier molecular flexibility index (Phi) is 5.09. The molecule has 1 saturated heterocycles.